The minimum Gasteiger partial charge on any atom is -0.495 e. The fourth-order valence-corrected chi connectivity index (χ4v) is 5.21. The third-order valence-electron chi connectivity index (χ3n) is 3.87. The Morgan fingerprint density at radius 3 is 2.48 bits per heavy atom. The monoisotopic (exact) mass is 428 g/mol. The molecular weight excluding hydrogens is 408 g/mol. The Morgan fingerprint density at radius 2 is 1.91 bits per heavy atom. The van der Waals surface area contributed by atoms with Gasteiger partial charge in [0.25, 0.3) is 0 Å². The van der Waals surface area contributed by atoms with Gasteiger partial charge in [-0.3, -0.25) is 0 Å². The third-order valence-corrected chi connectivity index (χ3v) is 6.46. The van der Waals surface area contributed by atoms with Crippen LogP contribution in [0, 0.1) is 0 Å². The fourth-order valence-electron chi connectivity index (χ4n) is 2.69. The molecule has 1 heterocycles. The zero-order valence-corrected chi connectivity index (χ0v) is 16.3. The maximum atomic E-state index is 13.0. The Bertz CT molecular complexity index is 642. The van der Waals surface area contributed by atoms with E-state index in [4.69, 9.17) is 15.2 Å². The lowest BCUT2D eigenvalue weighted by Gasteiger charge is -2.34. The van der Waals surface area contributed by atoms with E-state index in [9.17, 15) is 8.42 Å². The zero-order valence-electron chi connectivity index (χ0n) is 13.1. The number of hydrogen-bond acceptors (Lipinski definition) is 5. The van der Waals surface area contributed by atoms with Gasteiger partial charge in [0.15, 0.2) is 0 Å². The summed E-state index contributed by atoms with van der Waals surface area (Å²) in [5, 5.41) is 0. The summed E-state index contributed by atoms with van der Waals surface area (Å²) in [5.74, 6) is 0.784. The predicted molar refractivity (Wildman–Crippen MR) is 95.1 cm³/mol. The molecule has 1 fully saturated rings. The van der Waals surface area contributed by atoms with Crippen LogP contribution < -0.4 is 15.2 Å². The molecule has 9 heteroatoms. The van der Waals surface area contributed by atoms with Crippen LogP contribution in [0.15, 0.2) is 21.5 Å². The van der Waals surface area contributed by atoms with E-state index in [0.717, 1.165) is 19.3 Å². The molecule has 0 aromatic heterocycles. The van der Waals surface area contributed by atoms with Crippen LogP contribution in [-0.4, -0.2) is 46.1 Å². The van der Waals surface area contributed by atoms with E-state index < -0.39 is 10.0 Å². The summed E-state index contributed by atoms with van der Waals surface area (Å²) in [6.45, 7) is 0.801. The van der Waals surface area contributed by atoms with E-state index in [-0.39, 0.29) is 29.1 Å². The van der Waals surface area contributed by atoms with Gasteiger partial charge in [0.1, 0.15) is 16.4 Å². The topological polar surface area (TPSA) is 81.9 Å². The summed E-state index contributed by atoms with van der Waals surface area (Å²) < 4.78 is 38.5. The molecule has 1 unspecified atom stereocenters. The largest absolute Gasteiger partial charge is 0.495 e. The number of ether oxygens (including phenoxy) is 2. The zero-order chi connectivity index (χ0) is 16.3. The van der Waals surface area contributed by atoms with Gasteiger partial charge in [-0.15, -0.1) is 12.4 Å². The first-order valence-corrected chi connectivity index (χ1v) is 9.32. The molecule has 0 radical (unpaired) electrons. The number of benzene rings is 1. The van der Waals surface area contributed by atoms with Gasteiger partial charge in [-0.25, -0.2) is 8.42 Å². The molecule has 23 heavy (non-hydrogen) atoms. The number of methoxy groups -OCH3 is 2. The van der Waals surface area contributed by atoms with Gasteiger partial charge in [0.05, 0.1) is 18.7 Å². The van der Waals surface area contributed by atoms with Gasteiger partial charge in [-0.05, 0) is 34.8 Å². The van der Waals surface area contributed by atoms with Gasteiger partial charge in [0.2, 0.25) is 10.0 Å². The van der Waals surface area contributed by atoms with Crippen molar-refractivity contribution in [2.45, 2.75) is 30.2 Å². The summed E-state index contributed by atoms with van der Waals surface area (Å²) in [6, 6.07) is 2.93. The van der Waals surface area contributed by atoms with E-state index in [1.807, 2.05) is 0 Å². The summed E-state index contributed by atoms with van der Waals surface area (Å²) in [6.07, 6.45) is 2.63. The minimum absolute atomic E-state index is 0. The molecule has 1 aliphatic heterocycles. The Hall–Kier alpha value is -0.540. The van der Waals surface area contributed by atoms with Crippen LogP contribution in [0.4, 0.5) is 0 Å². The molecule has 0 saturated carbocycles. The molecule has 1 saturated heterocycles. The summed E-state index contributed by atoms with van der Waals surface area (Å²) in [7, 11) is -0.711. The molecule has 132 valence electrons. The van der Waals surface area contributed by atoms with Gasteiger partial charge < -0.3 is 15.2 Å². The van der Waals surface area contributed by atoms with Crippen molar-refractivity contribution < 1.29 is 17.9 Å². The first-order valence-electron chi connectivity index (χ1n) is 7.09. The number of nitrogens with zero attached hydrogens (tertiary/aromatic N) is 1. The van der Waals surface area contributed by atoms with E-state index in [1.54, 1.807) is 6.07 Å². The summed E-state index contributed by atoms with van der Waals surface area (Å²) in [5.41, 5.74) is 5.75. The average molecular weight is 430 g/mol. The maximum Gasteiger partial charge on any atom is 0.247 e. The number of sulfonamides is 1. The molecule has 1 aromatic rings. The number of nitrogens with two attached hydrogens (primary N) is 1. The molecular formula is C14H22BrClN2O4S. The highest BCUT2D eigenvalue weighted by molar-refractivity contribution is 9.10. The van der Waals surface area contributed by atoms with Gasteiger partial charge in [-0.1, -0.05) is 6.42 Å². The molecule has 0 amide bonds. The number of halogens is 2. The molecule has 2 N–H and O–H groups in total. The van der Waals surface area contributed by atoms with Crippen molar-refractivity contribution in [3.8, 4) is 11.5 Å². The Labute approximate surface area is 151 Å². The molecule has 0 aliphatic carbocycles. The second kappa shape index (κ2) is 8.53. The van der Waals surface area contributed by atoms with E-state index in [0.29, 0.717) is 23.3 Å². The molecule has 2 rings (SSSR count). The van der Waals surface area contributed by atoms with Crippen LogP contribution in [0.1, 0.15) is 19.3 Å². The predicted octanol–water partition coefficient (Wildman–Crippen LogP) is 2.39. The lowest BCUT2D eigenvalue weighted by atomic mass is 10.1. The number of hydrogen-bond donors (Lipinski definition) is 1. The van der Waals surface area contributed by atoms with Gasteiger partial charge in [0, 0.05) is 25.2 Å². The fraction of sp³-hybridized carbons (Fsp3) is 0.571. The van der Waals surface area contributed by atoms with E-state index >= 15 is 0 Å². The SMILES string of the molecule is COc1cc(OC)c(S(=O)(=O)N2CCCCC2CN)cc1Br.Cl. The Morgan fingerprint density at radius 1 is 1.26 bits per heavy atom. The molecule has 1 aliphatic rings. The lowest BCUT2D eigenvalue weighted by molar-refractivity contribution is 0.256. The van der Waals surface area contributed by atoms with Crippen LogP contribution in [0.5, 0.6) is 11.5 Å². The smallest absolute Gasteiger partial charge is 0.247 e. The van der Waals surface area contributed by atoms with Crippen molar-refractivity contribution >= 4 is 38.4 Å². The number of piperidine rings is 1. The molecule has 1 atom stereocenters. The highest BCUT2D eigenvalue weighted by Crippen LogP contribution is 2.37. The Kier molecular flexibility index (Phi) is 7.60. The highest BCUT2D eigenvalue weighted by atomic mass is 79.9. The van der Waals surface area contributed by atoms with Crippen molar-refractivity contribution in [3.63, 3.8) is 0 Å². The van der Waals surface area contributed by atoms with Gasteiger partial charge >= 0.3 is 0 Å². The lowest BCUT2D eigenvalue weighted by Crippen LogP contribution is -2.47. The first kappa shape index (κ1) is 20.5. The van der Waals surface area contributed by atoms with Gasteiger partial charge in [-0.2, -0.15) is 4.31 Å². The van der Waals surface area contributed by atoms with Crippen molar-refractivity contribution in [1.82, 2.24) is 4.31 Å². The van der Waals surface area contributed by atoms with Crippen LogP contribution in [0.25, 0.3) is 0 Å². The van der Waals surface area contributed by atoms with E-state index in [2.05, 4.69) is 15.9 Å². The second-order valence-electron chi connectivity index (χ2n) is 5.14. The van der Waals surface area contributed by atoms with Crippen molar-refractivity contribution in [3.05, 3.63) is 16.6 Å². The molecule has 0 bridgehead atoms. The van der Waals surface area contributed by atoms with Crippen molar-refractivity contribution in [2.75, 3.05) is 27.3 Å². The Balaban J connectivity index is 0.00000264. The van der Waals surface area contributed by atoms with E-state index in [1.165, 1.54) is 24.6 Å². The van der Waals surface area contributed by atoms with Crippen LogP contribution >= 0.6 is 28.3 Å². The maximum absolute atomic E-state index is 13.0. The molecule has 1 aromatic carbocycles. The molecule has 0 spiro atoms. The highest BCUT2D eigenvalue weighted by Gasteiger charge is 2.35. The number of rotatable bonds is 5. The van der Waals surface area contributed by atoms with Crippen LogP contribution in [0.2, 0.25) is 0 Å². The van der Waals surface area contributed by atoms with Crippen LogP contribution in [0.3, 0.4) is 0 Å². The summed E-state index contributed by atoms with van der Waals surface area (Å²) in [4.78, 5) is 0.128. The minimum atomic E-state index is -3.67. The standard InChI is InChI=1S/C14H21BrN2O4S.ClH/c1-20-12-8-13(21-2)14(7-11(12)15)22(18,19)17-6-4-3-5-10(17)9-16;/h7-8,10H,3-6,9,16H2,1-2H3;1H. The van der Waals surface area contributed by atoms with Crippen molar-refractivity contribution in [2.24, 2.45) is 5.73 Å². The first-order chi connectivity index (χ1) is 10.5. The summed E-state index contributed by atoms with van der Waals surface area (Å²) >= 11 is 3.33. The third kappa shape index (κ3) is 4.11. The average Bonchev–Trinajstić information content (AvgIpc) is 2.54. The van der Waals surface area contributed by atoms with Crippen LogP contribution in [-0.2, 0) is 10.0 Å². The quantitative estimate of drug-likeness (QED) is 0.777. The normalized spacial score (nSPS) is 19.0. The van der Waals surface area contributed by atoms with Crippen molar-refractivity contribution in [1.29, 1.82) is 0 Å². The second-order valence-corrected chi connectivity index (χ2v) is 7.85. The molecule has 6 nitrogen and oxygen atoms in total.